The number of ether oxygens (including phenoxy) is 1. The van der Waals surface area contributed by atoms with Crippen molar-refractivity contribution >= 4 is 40.5 Å². The van der Waals surface area contributed by atoms with Crippen LogP contribution in [-0.4, -0.2) is 12.2 Å². The summed E-state index contributed by atoms with van der Waals surface area (Å²) >= 11 is 5.24. The third kappa shape index (κ3) is 1.94. The van der Waals surface area contributed by atoms with Crippen LogP contribution in [0.2, 0.25) is 0 Å². The van der Waals surface area contributed by atoms with E-state index in [-0.39, 0.29) is 0 Å². The Morgan fingerprint density at radius 3 is 2.40 bits per heavy atom. The van der Waals surface area contributed by atoms with Gasteiger partial charge < -0.3 is 10.5 Å². The maximum Gasteiger partial charge on any atom is 0.175 e. The number of hydrogen-bond donors (Lipinski definition) is 1. The highest BCUT2D eigenvalue weighted by Gasteiger charge is 2.23. The van der Waals surface area contributed by atoms with Crippen LogP contribution < -0.4 is 10.6 Å². The normalized spacial score (nSPS) is 12.8. The van der Waals surface area contributed by atoms with Gasteiger partial charge in [0, 0.05) is 11.1 Å². The van der Waals surface area contributed by atoms with Crippen molar-refractivity contribution in [3.05, 3.63) is 59.7 Å². The average Bonchev–Trinajstić information content (AvgIpc) is 2.61. The fourth-order valence-corrected chi connectivity index (χ4v) is 2.64. The number of methoxy groups -OCH3 is 1. The van der Waals surface area contributed by atoms with E-state index in [9.17, 15) is 0 Å². The number of para-hydroxylation sites is 2. The summed E-state index contributed by atoms with van der Waals surface area (Å²) < 4.78 is 5.53. The molecule has 1 aliphatic heterocycles. The molecule has 0 spiro atoms. The Morgan fingerprint density at radius 1 is 1.05 bits per heavy atom. The van der Waals surface area contributed by atoms with E-state index in [2.05, 4.69) is 0 Å². The summed E-state index contributed by atoms with van der Waals surface area (Å²) in [5.41, 5.74) is 9.83. The van der Waals surface area contributed by atoms with E-state index in [1.165, 1.54) is 0 Å². The van der Waals surface area contributed by atoms with Crippen LogP contribution in [0.5, 0.6) is 0 Å². The Balaban J connectivity index is 2.35. The summed E-state index contributed by atoms with van der Waals surface area (Å²) in [5, 5.41) is 0.315. The van der Waals surface area contributed by atoms with Crippen LogP contribution in [0.25, 0.3) is 11.8 Å². The van der Waals surface area contributed by atoms with Gasteiger partial charge in [-0.15, -0.1) is 0 Å². The van der Waals surface area contributed by atoms with E-state index in [1.54, 1.807) is 7.11 Å². The first-order valence-electron chi connectivity index (χ1n) is 6.26. The van der Waals surface area contributed by atoms with Crippen LogP contribution in [0.3, 0.4) is 0 Å². The summed E-state index contributed by atoms with van der Waals surface area (Å²) in [6, 6.07) is 15.9. The lowest BCUT2D eigenvalue weighted by Crippen LogP contribution is -2.31. The highest BCUT2D eigenvalue weighted by atomic mass is 32.1. The summed E-state index contributed by atoms with van der Waals surface area (Å²) in [4.78, 5) is 1.88. The van der Waals surface area contributed by atoms with E-state index < -0.39 is 0 Å². The maximum absolute atomic E-state index is 5.95. The second-order valence-electron chi connectivity index (χ2n) is 4.46. The Bertz CT molecular complexity index is 709. The van der Waals surface area contributed by atoms with Gasteiger partial charge in [-0.1, -0.05) is 30.3 Å². The van der Waals surface area contributed by atoms with E-state index in [4.69, 9.17) is 22.7 Å². The Hall–Kier alpha value is -2.33. The van der Waals surface area contributed by atoms with Crippen molar-refractivity contribution in [3.8, 4) is 0 Å². The van der Waals surface area contributed by atoms with Crippen molar-refractivity contribution in [2.75, 3.05) is 12.0 Å². The smallest absolute Gasteiger partial charge is 0.175 e. The molecule has 0 aliphatic carbocycles. The second-order valence-corrected chi connectivity index (χ2v) is 4.88. The predicted molar refractivity (Wildman–Crippen MR) is 86.7 cm³/mol. The molecule has 0 aromatic heterocycles. The van der Waals surface area contributed by atoms with Crippen LogP contribution in [0.1, 0.15) is 11.1 Å². The summed E-state index contributed by atoms with van der Waals surface area (Å²) in [6.07, 6.45) is 2.01. The Morgan fingerprint density at radius 2 is 1.70 bits per heavy atom. The second kappa shape index (κ2) is 4.98. The fourth-order valence-electron chi connectivity index (χ4n) is 2.45. The highest BCUT2D eigenvalue weighted by Crippen LogP contribution is 2.39. The van der Waals surface area contributed by atoms with E-state index >= 15 is 0 Å². The molecule has 1 aliphatic rings. The molecule has 0 unspecified atom stereocenters. The zero-order valence-electron chi connectivity index (χ0n) is 11.0. The lowest BCUT2D eigenvalue weighted by Gasteiger charge is -2.25. The number of fused-ring (bicyclic) bond motifs is 2. The van der Waals surface area contributed by atoms with Gasteiger partial charge in [0.1, 0.15) is 5.76 Å². The van der Waals surface area contributed by atoms with Crippen LogP contribution in [0.15, 0.2) is 48.5 Å². The number of benzene rings is 2. The molecule has 100 valence electrons. The molecule has 20 heavy (non-hydrogen) atoms. The van der Waals surface area contributed by atoms with Crippen molar-refractivity contribution in [1.82, 2.24) is 0 Å². The number of anilines is 2. The maximum atomic E-state index is 5.95. The molecule has 0 saturated carbocycles. The van der Waals surface area contributed by atoms with Crippen LogP contribution in [0, 0.1) is 0 Å². The summed E-state index contributed by atoms with van der Waals surface area (Å²) in [5.74, 6) is 0.798. The highest BCUT2D eigenvalue weighted by molar-refractivity contribution is 7.80. The molecule has 3 nitrogen and oxygen atoms in total. The van der Waals surface area contributed by atoms with Gasteiger partial charge in [-0.25, -0.2) is 0 Å². The van der Waals surface area contributed by atoms with Crippen molar-refractivity contribution in [2.45, 2.75) is 0 Å². The van der Waals surface area contributed by atoms with Gasteiger partial charge in [0.15, 0.2) is 5.11 Å². The molecule has 0 atom stereocenters. The Labute approximate surface area is 123 Å². The first-order chi connectivity index (χ1) is 9.72. The largest absolute Gasteiger partial charge is 0.496 e. The van der Waals surface area contributed by atoms with Crippen LogP contribution in [0.4, 0.5) is 11.4 Å². The standard InChI is InChI=1S/C16H14N2OS/c1-19-15-10-11-6-2-4-8-13(11)18(16(17)20)14-9-5-3-7-12(14)15/h2-10H,1H3,(H2,17,20). The minimum Gasteiger partial charge on any atom is -0.496 e. The minimum absolute atomic E-state index is 0.315. The molecule has 0 bridgehead atoms. The third-order valence-corrected chi connectivity index (χ3v) is 3.50. The molecule has 2 aromatic carbocycles. The minimum atomic E-state index is 0.315. The first-order valence-corrected chi connectivity index (χ1v) is 6.67. The molecular formula is C16H14N2OS. The van der Waals surface area contributed by atoms with Gasteiger partial charge >= 0.3 is 0 Å². The number of hydrogen-bond acceptors (Lipinski definition) is 2. The average molecular weight is 282 g/mol. The van der Waals surface area contributed by atoms with Gasteiger partial charge in [-0.3, -0.25) is 4.90 Å². The molecule has 1 heterocycles. The van der Waals surface area contributed by atoms with Crippen molar-refractivity contribution in [2.24, 2.45) is 5.73 Å². The molecule has 0 radical (unpaired) electrons. The van der Waals surface area contributed by atoms with Gasteiger partial charge in [0.2, 0.25) is 0 Å². The zero-order chi connectivity index (χ0) is 14.1. The predicted octanol–water partition coefficient (Wildman–Crippen LogP) is 3.53. The molecule has 0 fully saturated rings. The SMILES string of the molecule is COC1=Cc2ccccc2N(C(N)=S)c2ccccc21. The lowest BCUT2D eigenvalue weighted by atomic mass is 10.1. The van der Waals surface area contributed by atoms with Crippen molar-refractivity contribution < 1.29 is 4.74 Å². The fraction of sp³-hybridized carbons (Fsp3) is 0.0625. The van der Waals surface area contributed by atoms with E-state index in [1.807, 2.05) is 59.5 Å². The van der Waals surface area contributed by atoms with E-state index in [0.717, 1.165) is 28.3 Å². The van der Waals surface area contributed by atoms with Gasteiger partial charge in [-0.2, -0.15) is 0 Å². The number of nitrogens with zero attached hydrogens (tertiary/aromatic N) is 1. The molecular weight excluding hydrogens is 268 g/mol. The monoisotopic (exact) mass is 282 g/mol. The zero-order valence-corrected chi connectivity index (χ0v) is 11.9. The van der Waals surface area contributed by atoms with Crippen molar-refractivity contribution in [1.29, 1.82) is 0 Å². The van der Waals surface area contributed by atoms with Gasteiger partial charge in [0.05, 0.1) is 18.5 Å². The molecule has 2 N–H and O–H groups in total. The number of thiocarbonyl (C=S) groups is 1. The van der Waals surface area contributed by atoms with Crippen LogP contribution >= 0.6 is 12.2 Å². The molecule has 2 aromatic rings. The van der Waals surface area contributed by atoms with Crippen molar-refractivity contribution in [3.63, 3.8) is 0 Å². The molecule has 0 amide bonds. The quantitative estimate of drug-likeness (QED) is 0.812. The third-order valence-electron chi connectivity index (χ3n) is 3.31. The molecule has 0 saturated heterocycles. The van der Waals surface area contributed by atoms with Gasteiger partial charge in [-0.05, 0) is 36.5 Å². The molecule has 4 heteroatoms. The lowest BCUT2D eigenvalue weighted by molar-refractivity contribution is 0.373. The number of nitrogens with two attached hydrogens (primary N) is 1. The summed E-state index contributed by atoms with van der Waals surface area (Å²) in [7, 11) is 1.67. The van der Waals surface area contributed by atoms with Crippen LogP contribution in [-0.2, 0) is 4.74 Å². The Kier molecular flexibility index (Phi) is 3.16. The summed E-state index contributed by atoms with van der Waals surface area (Å²) in [6.45, 7) is 0. The first kappa shape index (κ1) is 12.7. The van der Waals surface area contributed by atoms with Gasteiger partial charge in [0.25, 0.3) is 0 Å². The van der Waals surface area contributed by atoms with E-state index in [0.29, 0.717) is 5.11 Å². The molecule has 3 rings (SSSR count). The topological polar surface area (TPSA) is 38.5 Å². The number of rotatable bonds is 1.